The Balaban J connectivity index is 1.85. The number of carbonyl (C=O) groups excluding carboxylic acids is 1. The van der Waals surface area contributed by atoms with Crippen molar-refractivity contribution in [1.82, 2.24) is 0 Å². The van der Waals surface area contributed by atoms with Crippen molar-refractivity contribution in [1.29, 1.82) is 0 Å². The molecule has 156 valence electrons. The van der Waals surface area contributed by atoms with Crippen LogP contribution in [-0.2, 0) is 9.53 Å². The molecule has 0 saturated heterocycles. The van der Waals surface area contributed by atoms with Crippen LogP contribution in [0.3, 0.4) is 0 Å². The van der Waals surface area contributed by atoms with Gasteiger partial charge in [0.15, 0.2) is 0 Å². The monoisotopic (exact) mass is 398 g/mol. The third kappa shape index (κ3) is 4.55. The van der Waals surface area contributed by atoms with E-state index in [1.54, 1.807) is 12.1 Å². The third-order valence-electron chi connectivity index (χ3n) is 6.57. The molecule has 0 N–H and O–H groups in total. The molecule has 0 amide bonds. The van der Waals surface area contributed by atoms with E-state index in [1.165, 1.54) is 17.2 Å². The second kappa shape index (κ2) is 8.85. The summed E-state index contributed by atoms with van der Waals surface area (Å²) in [4.78, 5) is 22.2. The fourth-order valence-electron chi connectivity index (χ4n) is 4.57. The molecule has 5 nitrogen and oxygen atoms in total. The van der Waals surface area contributed by atoms with Gasteiger partial charge in [0.2, 0.25) is 0 Å². The van der Waals surface area contributed by atoms with Gasteiger partial charge in [0, 0.05) is 22.9 Å². The van der Waals surface area contributed by atoms with Crippen molar-refractivity contribution in [2.45, 2.75) is 47.0 Å². The number of hydrogen-bond donors (Lipinski definition) is 0. The molecule has 2 aromatic rings. The minimum atomic E-state index is -0.369. The Morgan fingerprint density at radius 3 is 2.76 bits per heavy atom. The maximum absolute atomic E-state index is 11.5. The maximum Gasteiger partial charge on any atom is 0.336 e. The van der Waals surface area contributed by atoms with Crippen LogP contribution in [0.25, 0.3) is 11.0 Å². The van der Waals surface area contributed by atoms with Gasteiger partial charge >= 0.3 is 5.63 Å². The lowest BCUT2D eigenvalue weighted by molar-refractivity contribution is -0.129. The standard InChI is InChI=1S/C24H30O5/c1-16(2)20-9-5-17(3)24(4,21(20)11-12-27-15-25)14-28-19-8-6-18-7-10-23(26)29-22(18)13-19/h6-8,10,13,15,17,21H,5,9,11-12,14H2,1-4H3/t17-,21-,24-/m0/s1. The van der Waals surface area contributed by atoms with Crippen LogP contribution in [0.5, 0.6) is 5.75 Å². The summed E-state index contributed by atoms with van der Waals surface area (Å²) in [5, 5.41) is 0.866. The highest BCUT2D eigenvalue weighted by Gasteiger charge is 2.44. The molecule has 3 rings (SSSR count). The van der Waals surface area contributed by atoms with E-state index in [0.717, 1.165) is 24.6 Å². The largest absolute Gasteiger partial charge is 0.493 e. The molecule has 1 aromatic heterocycles. The summed E-state index contributed by atoms with van der Waals surface area (Å²) in [5.74, 6) is 1.44. The summed E-state index contributed by atoms with van der Waals surface area (Å²) in [6.45, 7) is 10.3. The summed E-state index contributed by atoms with van der Waals surface area (Å²) >= 11 is 0. The van der Waals surface area contributed by atoms with E-state index in [1.807, 2.05) is 12.1 Å². The van der Waals surface area contributed by atoms with Crippen LogP contribution in [0.15, 0.2) is 50.7 Å². The summed E-state index contributed by atoms with van der Waals surface area (Å²) in [6.07, 6.45) is 2.97. The Morgan fingerprint density at radius 2 is 2.03 bits per heavy atom. The van der Waals surface area contributed by atoms with E-state index in [4.69, 9.17) is 13.9 Å². The zero-order valence-electron chi connectivity index (χ0n) is 17.7. The van der Waals surface area contributed by atoms with E-state index >= 15 is 0 Å². The Labute approximate surface area is 171 Å². The van der Waals surface area contributed by atoms with Gasteiger partial charge in [-0.2, -0.15) is 0 Å². The average Bonchev–Trinajstić information content (AvgIpc) is 2.69. The second-order valence-corrected chi connectivity index (χ2v) is 8.52. The highest BCUT2D eigenvalue weighted by atomic mass is 16.5. The van der Waals surface area contributed by atoms with Gasteiger partial charge in [-0.05, 0) is 63.1 Å². The fourth-order valence-corrected chi connectivity index (χ4v) is 4.57. The second-order valence-electron chi connectivity index (χ2n) is 8.52. The molecule has 1 aromatic carbocycles. The third-order valence-corrected chi connectivity index (χ3v) is 6.57. The SMILES string of the molecule is CC(C)=C1CC[C@H](C)[C@](C)(COc2ccc3ccc(=O)oc3c2)[C@H]1CCOC=O. The van der Waals surface area contributed by atoms with Gasteiger partial charge in [0.25, 0.3) is 6.47 Å². The number of carbonyl (C=O) groups is 1. The van der Waals surface area contributed by atoms with Crippen LogP contribution in [0.2, 0.25) is 0 Å². The number of hydrogen-bond acceptors (Lipinski definition) is 5. The average molecular weight is 398 g/mol. The highest BCUT2D eigenvalue weighted by Crippen LogP contribution is 2.50. The number of rotatable bonds is 7. The van der Waals surface area contributed by atoms with Gasteiger partial charge < -0.3 is 13.9 Å². The number of fused-ring (bicyclic) bond motifs is 1. The zero-order chi connectivity index (χ0) is 21.0. The van der Waals surface area contributed by atoms with Crippen molar-refractivity contribution in [3.63, 3.8) is 0 Å². The lowest BCUT2D eigenvalue weighted by atomic mass is 9.58. The smallest absolute Gasteiger partial charge is 0.336 e. The molecule has 0 radical (unpaired) electrons. The summed E-state index contributed by atoms with van der Waals surface area (Å²) in [7, 11) is 0. The molecule has 29 heavy (non-hydrogen) atoms. The van der Waals surface area contributed by atoms with Crippen molar-refractivity contribution in [3.05, 3.63) is 51.9 Å². The summed E-state index contributed by atoms with van der Waals surface area (Å²) in [6, 6.07) is 8.75. The van der Waals surface area contributed by atoms with Gasteiger partial charge in [-0.25, -0.2) is 4.79 Å². The first-order valence-corrected chi connectivity index (χ1v) is 10.2. The molecule has 1 fully saturated rings. The Kier molecular flexibility index (Phi) is 6.46. The molecule has 5 heteroatoms. The predicted molar refractivity (Wildman–Crippen MR) is 113 cm³/mol. The first-order chi connectivity index (χ1) is 13.8. The van der Waals surface area contributed by atoms with Gasteiger partial charge in [0.1, 0.15) is 11.3 Å². The lowest BCUT2D eigenvalue weighted by Crippen LogP contribution is -2.44. The van der Waals surface area contributed by atoms with E-state index in [0.29, 0.717) is 36.9 Å². The molecule has 1 saturated carbocycles. The van der Waals surface area contributed by atoms with Crippen LogP contribution in [0.1, 0.15) is 47.0 Å². The molecule has 1 heterocycles. The van der Waals surface area contributed by atoms with E-state index in [-0.39, 0.29) is 17.0 Å². The Morgan fingerprint density at radius 1 is 1.28 bits per heavy atom. The normalized spacial score (nSPS) is 24.3. The molecular formula is C24H30O5. The van der Waals surface area contributed by atoms with E-state index in [9.17, 15) is 9.59 Å². The van der Waals surface area contributed by atoms with Gasteiger partial charge in [-0.3, -0.25) is 4.79 Å². The number of allylic oxidation sites excluding steroid dienone is 2. The molecule has 1 aliphatic carbocycles. The molecule has 1 aliphatic rings. The number of ether oxygens (including phenoxy) is 2. The van der Waals surface area contributed by atoms with Crippen LogP contribution in [0.4, 0.5) is 0 Å². The van der Waals surface area contributed by atoms with Gasteiger partial charge in [-0.15, -0.1) is 0 Å². The highest BCUT2D eigenvalue weighted by molar-refractivity contribution is 5.77. The van der Waals surface area contributed by atoms with Crippen molar-refractivity contribution in [2.75, 3.05) is 13.2 Å². The van der Waals surface area contributed by atoms with Gasteiger partial charge in [0.05, 0.1) is 13.2 Å². The Bertz CT molecular complexity index is 953. The minimum Gasteiger partial charge on any atom is -0.493 e. The fraction of sp³-hybridized carbons (Fsp3) is 0.500. The predicted octanol–water partition coefficient (Wildman–Crippen LogP) is 5.12. The maximum atomic E-state index is 11.5. The molecule has 0 spiro atoms. The first kappa shape index (κ1) is 21.2. The molecular weight excluding hydrogens is 368 g/mol. The quantitative estimate of drug-likeness (QED) is 0.280. The van der Waals surface area contributed by atoms with E-state index in [2.05, 4.69) is 27.7 Å². The van der Waals surface area contributed by atoms with Crippen molar-refractivity contribution < 1.29 is 18.7 Å². The molecule has 3 atom stereocenters. The molecule has 0 aliphatic heterocycles. The van der Waals surface area contributed by atoms with Crippen LogP contribution in [0, 0.1) is 17.3 Å². The van der Waals surface area contributed by atoms with E-state index < -0.39 is 0 Å². The Hall–Kier alpha value is -2.56. The topological polar surface area (TPSA) is 65.7 Å². The zero-order valence-corrected chi connectivity index (χ0v) is 17.7. The molecule has 0 unspecified atom stereocenters. The van der Waals surface area contributed by atoms with Gasteiger partial charge in [-0.1, -0.05) is 25.0 Å². The molecule has 0 bridgehead atoms. The first-order valence-electron chi connectivity index (χ1n) is 10.2. The number of benzene rings is 1. The minimum absolute atomic E-state index is 0.0937. The van der Waals surface area contributed by atoms with Crippen molar-refractivity contribution in [2.24, 2.45) is 17.3 Å². The van der Waals surface area contributed by atoms with Crippen LogP contribution in [-0.4, -0.2) is 19.7 Å². The lowest BCUT2D eigenvalue weighted by Gasteiger charge is -2.48. The van der Waals surface area contributed by atoms with Crippen molar-refractivity contribution in [3.8, 4) is 5.75 Å². The summed E-state index contributed by atoms with van der Waals surface area (Å²) < 4.78 is 16.5. The van der Waals surface area contributed by atoms with Crippen molar-refractivity contribution >= 4 is 17.4 Å². The van der Waals surface area contributed by atoms with Crippen LogP contribution >= 0.6 is 0 Å². The van der Waals surface area contributed by atoms with Crippen LogP contribution < -0.4 is 10.4 Å². The summed E-state index contributed by atoms with van der Waals surface area (Å²) in [5.41, 5.74) is 2.85.